The highest BCUT2D eigenvalue weighted by molar-refractivity contribution is 5.98. The number of hydrogen-bond acceptors (Lipinski definition) is 4. The van der Waals surface area contributed by atoms with Crippen LogP contribution in [0.25, 0.3) is 0 Å². The van der Waals surface area contributed by atoms with Crippen molar-refractivity contribution in [2.24, 2.45) is 22.6 Å². The van der Waals surface area contributed by atoms with Gasteiger partial charge in [0, 0.05) is 31.1 Å². The molecule has 0 radical (unpaired) electrons. The van der Waals surface area contributed by atoms with Gasteiger partial charge in [0.05, 0.1) is 5.92 Å². The predicted molar refractivity (Wildman–Crippen MR) is 109 cm³/mol. The van der Waals surface area contributed by atoms with Crippen LogP contribution in [0.3, 0.4) is 0 Å². The molecule has 0 heterocycles. The van der Waals surface area contributed by atoms with E-state index < -0.39 is 29.5 Å². The van der Waals surface area contributed by atoms with Gasteiger partial charge in [-0.05, 0) is 36.1 Å². The third kappa shape index (κ3) is 5.29. The molecule has 1 saturated carbocycles. The molecule has 2 atom stereocenters. The lowest BCUT2D eigenvalue weighted by Gasteiger charge is -2.24. The minimum atomic E-state index is -2.80. The Labute approximate surface area is 172 Å². The van der Waals surface area contributed by atoms with Crippen LogP contribution in [0, 0.1) is 11.7 Å². The number of halogens is 3. The van der Waals surface area contributed by atoms with Crippen molar-refractivity contribution in [3.05, 3.63) is 65.5 Å². The van der Waals surface area contributed by atoms with Crippen LogP contribution in [0.1, 0.15) is 36.3 Å². The highest BCUT2D eigenvalue weighted by atomic mass is 19.3. The lowest BCUT2D eigenvalue weighted by Crippen LogP contribution is -2.28. The van der Waals surface area contributed by atoms with E-state index in [-0.39, 0.29) is 30.8 Å². The number of amides is 1. The van der Waals surface area contributed by atoms with Crippen LogP contribution in [0.5, 0.6) is 0 Å². The summed E-state index contributed by atoms with van der Waals surface area (Å²) in [5, 5.41) is 7.63. The van der Waals surface area contributed by atoms with Crippen LogP contribution >= 0.6 is 0 Å². The number of hydrogen-bond donors (Lipinski definition) is 3. The van der Waals surface area contributed by atoms with Crippen molar-refractivity contribution >= 4 is 17.4 Å². The van der Waals surface area contributed by atoms with E-state index in [9.17, 15) is 18.0 Å². The normalized spacial score (nSPS) is 19.4. The van der Waals surface area contributed by atoms with Gasteiger partial charge in [-0.25, -0.2) is 24.1 Å². The lowest BCUT2D eigenvalue weighted by molar-refractivity contribution is -0.118. The van der Waals surface area contributed by atoms with E-state index in [1.807, 2.05) is 0 Å². The smallest absolute Gasteiger partial charge is 0.248 e. The summed E-state index contributed by atoms with van der Waals surface area (Å²) in [6, 6.07) is 12.1. The maximum Gasteiger partial charge on any atom is 0.248 e. The molecule has 1 aliphatic carbocycles. The second kappa shape index (κ2) is 8.74. The van der Waals surface area contributed by atoms with Gasteiger partial charge in [-0.2, -0.15) is 0 Å². The van der Waals surface area contributed by atoms with Crippen LogP contribution in [-0.4, -0.2) is 29.8 Å². The molecule has 0 spiro atoms. The summed E-state index contributed by atoms with van der Waals surface area (Å²) in [5.41, 5.74) is 7.30. The van der Waals surface area contributed by atoms with Crippen molar-refractivity contribution < 1.29 is 18.0 Å². The zero-order valence-electron chi connectivity index (χ0n) is 16.5. The molecule has 9 heteroatoms. The largest absolute Gasteiger partial charge is 0.382 e. The summed E-state index contributed by atoms with van der Waals surface area (Å²) in [5.74, 6) is 0.522. The zero-order chi connectivity index (χ0) is 21.9. The predicted octanol–water partition coefficient (Wildman–Crippen LogP) is 3.41. The standard InChI is InChI=1S/C21H24F3N5O/c1-29(26)28-19(25)14-7-5-13(6-8-14)18(15-9-10-21(23,24)12-15)20(30)27-17-4-2-3-16(22)11-17/h2-8,11,15,18H,9-10,12,26H2,1H3,(H2,25,28)(H,27,30). The quantitative estimate of drug-likeness (QED) is 0.289. The topological polar surface area (TPSA) is 96.7 Å². The molecule has 0 aliphatic heterocycles. The number of rotatable bonds is 6. The first kappa shape index (κ1) is 21.6. The summed E-state index contributed by atoms with van der Waals surface area (Å²) in [7, 11) is 1.52. The fraction of sp³-hybridized carbons (Fsp3) is 0.333. The fourth-order valence-electron chi connectivity index (χ4n) is 3.78. The molecule has 1 aliphatic rings. The van der Waals surface area contributed by atoms with Crippen molar-refractivity contribution in [2.45, 2.75) is 31.1 Å². The molecule has 5 N–H and O–H groups in total. The summed E-state index contributed by atoms with van der Waals surface area (Å²) in [6.07, 6.45) is -0.420. The molecule has 0 bridgehead atoms. The van der Waals surface area contributed by atoms with Gasteiger partial charge in [0.1, 0.15) is 5.82 Å². The maximum atomic E-state index is 13.9. The van der Waals surface area contributed by atoms with Crippen LogP contribution in [0.2, 0.25) is 0 Å². The summed E-state index contributed by atoms with van der Waals surface area (Å²) < 4.78 is 41.2. The van der Waals surface area contributed by atoms with E-state index in [0.717, 1.165) is 5.12 Å². The maximum absolute atomic E-state index is 13.9. The van der Waals surface area contributed by atoms with E-state index in [1.165, 1.54) is 25.2 Å². The van der Waals surface area contributed by atoms with Gasteiger partial charge in [0.25, 0.3) is 0 Å². The lowest BCUT2D eigenvalue weighted by atomic mass is 9.83. The molecule has 3 rings (SSSR count). The molecule has 0 saturated heterocycles. The van der Waals surface area contributed by atoms with Crippen molar-refractivity contribution in [3.8, 4) is 0 Å². The van der Waals surface area contributed by atoms with Gasteiger partial charge < -0.3 is 11.1 Å². The van der Waals surface area contributed by atoms with E-state index in [2.05, 4.69) is 10.4 Å². The van der Waals surface area contributed by atoms with Crippen LogP contribution < -0.4 is 16.9 Å². The number of hydrazone groups is 1. The number of amidine groups is 1. The van der Waals surface area contributed by atoms with Crippen molar-refractivity contribution in [1.82, 2.24) is 5.12 Å². The van der Waals surface area contributed by atoms with Crippen molar-refractivity contribution in [2.75, 3.05) is 12.4 Å². The Balaban J connectivity index is 1.89. The summed E-state index contributed by atoms with van der Waals surface area (Å²) in [4.78, 5) is 13.0. The van der Waals surface area contributed by atoms with E-state index >= 15 is 0 Å². The first-order valence-electron chi connectivity index (χ1n) is 9.52. The van der Waals surface area contributed by atoms with Gasteiger partial charge in [0.2, 0.25) is 11.8 Å². The van der Waals surface area contributed by atoms with Crippen LogP contribution in [0.4, 0.5) is 18.9 Å². The van der Waals surface area contributed by atoms with Gasteiger partial charge in [-0.15, -0.1) is 5.10 Å². The Hall–Kier alpha value is -3.07. The minimum Gasteiger partial charge on any atom is -0.382 e. The number of nitrogens with zero attached hydrogens (tertiary/aromatic N) is 2. The summed E-state index contributed by atoms with van der Waals surface area (Å²) >= 11 is 0. The SMILES string of the molecule is CN(N)/N=C(\N)c1ccc(C(C(=O)Nc2cccc(F)c2)C2CCC(F)(F)C2)cc1. The first-order valence-corrected chi connectivity index (χ1v) is 9.52. The number of nitrogens with one attached hydrogen (secondary N) is 1. The Morgan fingerprint density at radius 1 is 1.27 bits per heavy atom. The average molecular weight is 419 g/mol. The second-order valence-corrected chi connectivity index (χ2v) is 7.52. The van der Waals surface area contributed by atoms with Gasteiger partial charge in [-0.1, -0.05) is 30.3 Å². The molecule has 1 fully saturated rings. The number of alkyl halides is 2. The highest BCUT2D eigenvalue weighted by Crippen LogP contribution is 2.45. The second-order valence-electron chi connectivity index (χ2n) is 7.52. The Morgan fingerprint density at radius 3 is 2.53 bits per heavy atom. The monoisotopic (exact) mass is 419 g/mol. The van der Waals surface area contributed by atoms with E-state index in [0.29, 0.717) is 11.1 Å². The molecule has 2 unspecified atom stereocenters. The fourth-order valence-corrected chi connectivity index (χ4v) is 3.78. The number of hydrazine groups is 1. The summed E-state index contributed by atoms with van der Waals surface area (Å²) in [6.45, 7) is 0. The minimum absolute atomic E-state index is 0.180. The number of anilines is 1. The van der Waals surface area contributed by atoms with Gasteiger partial charge >= 0.3 is 0 Å². The van der Waals surface area contributed by atoms with Gasteiger partial charge in [-0.3, -0.25) is 4.79 Å². The van der Waals surface area contributed by atoms with Crippen LogP contribution in [0.15, 0.2) is 53.6 Å². The Kier molecular flexibility index (Phi) is 6.31. The van der Waals surface area contributed by atoms with Crippen LogP contribution in [-0.2, 0) is 4.79 Å². The highest BCUT2D eigenvalue weighted by Gasteiger charge is 2.45. The first-order chi connectivity index (χ1) is 14.1. The third-order valence-electron chi connectivity index (χ3n) is 5.12. The molecule has 1 amide bonds. The average Bonchev–Trinajstić information content (AvgIpc) is 3.01. The van der Waals surface area contributed by atoms with E-state index in [1.54, 1.807) is 30.3 Å². The molecule has 2 aromatic rings. The van der Waals surface area contributed by atoms with E-state index in [4.69, 9.17) is 11.6 Å². The Morgan fingerprint density at radius 2 is 1.97 bits per heavy atom. The molecular weight excluding hydrogens is 395 g/mol. The molecule has 160 valence electrons. The number of benzene rings is 2. The Bertz CT molecular complexity index is 930. The number of carbonyl (C=O) groups is 1. The molecule has 2 aromatic carbocycles. The molecule has 0 aromatic heterocycles. The third-order valence-corrected chi connectivity index (χ3v) is 5.12. The number of carbonyl (C=O) groups excluding carboxylic acids is 1. The van der Waals surface area contributed by atoms with Crippen molar-refractivity contribution in [3.63, 3.8) is 0 Å². The molecular formula is C21H24F3N5O. The van der Waals surface area contributed by atoms with Gasteiger partial charge in [0.15, 0.2) is 5.84 Å². The van der Waals surface area contributed by atoms with Crippen molar-refractivity contribution in [1.29, 1.82) is 0 Å². The molecule has 6 nitrogen and oxygen atoms in total. The number of nitrogens with two attached hydrogens (primary N) is 2. The molecule has 30 heavy (non-hydrogen) atoms. The zero-order valence-corrected chi connectivity index (χ0v) is 16.5.